The lowest BCUT2D eigenvalue weighted by Gasteiger charge is -2.19. The van der Waals surface area contributed by atoms with E-state index in [0.717, 1.165) is 0 Å². The number of imide groups is 1. The van der Waals surface area contributed by atoms with Gasteiger partial charge in [0.05, 0.1) is 10.6 Å². The molecule has 27 heavy (non-hydrogen) atoms. The van der Waals surface area contributed by atoms with E-state index in [4.69, 9.17) is 27.9 Å². The molecule has 0 radical (unpaired) electrons. The van der Waals surface area contributed by atoms with Crippen molar-refractivity contribution in [1.82, 2.24) is 16.0 Å². The minimum atomic E-state index is -0.989. The number of benzene rings is 1. The Labute approximate surface area is 166 Å². The topological polar surface area (TPSA) is 114 Å². The van der Waals surface area contributed by atoms with Gasteiger partial charge in [0.2, 0.25) is 0 Å². The van der Waals surface area contributed by atoms with Crippen LogP contribution >= 0.6 is 23.2 Å². The van der Waals surface area contributed by atoms with E-state index in [1.54, 1.807) is 0 Å². The third-order valence-corrected chi connectivity index (χ3v) is 3.85. The fourth-order valence-electron chi connectivity index (χ4n) is 2.06. The Morgan fingerprint density at radius 3 is 2.37 bits per heavy atom. The number of rotatable bonds is 7. The number of ether oxygens (including phenoxy) is 1. The van der Waals surface area contributed by atoms with Crippen molar-refractivity contribution in [2.24, 2.45) is 5.92 Å². The Hall–Kier alpha value is -2.32. The van der Waals surface area contributed by atoms with Gasteiger partial charge in [-0.25, -0.2) is 9.59 Å². The maximum Gasteiger partial charge on any atom is 0.329 e. The van der Waals surface area contributed by atoms with E-state index in [2.05, 4.69) is 10.6 Å². The Morgan fingerprint density at radius 1 is 1.15 bits per heavy atom. The van der Waals surface area contributed by atoms with Crippen LogP contribution in [-0.2, 0) is 14.3 Å². The summed E-state index contributed by atoms with van der Waals surface area (Å²) in [6, 6.07) is 2.64. The van der Waals surface area contributed by atoms with Gasteiger partial charge in [-0.05, 0) is 30.5 Å². The van der Waals surface area contributed by atoms with Gasteiger partial charge in [-0.1, -0.05) is 37.0 Å². The van der Waals surface area contributed by atoms with Crippen LogP contribution in [0.1, 0.15) is 30.6 Å². The fourth-order valence-corrected chi connectivity index (χ4v) is 2.55. The van der Waals surface area contributed by atoms with Crippen LogP contribution in [0.3, 0.4) is 0 Å². The Kier molecular flexibility index (Phi) is 9.04. The Morgan fingerprint density at radius 2 is 1.81 bits per heavy atom. The van der Waals surface area contributed by atoms with Crippen molar-refractivity contribution in [3.05, 3.63) is 33.8 Å². The number of hydrogen-bond donors (Lipinski definition) is 3. The zero-order valence-corrected chi connectivity index (χ0v) is 16.6. The lowest BCUT2D eigenvalue weighted by Crippen LogP contribution is -2.45. The smallest absolute Gasteiger partial charge is 0.329 e. The van der Waals surface area contributed by atoms with Crippen molar-refractivity contribution in [2.45, 2.75) is 26.3 Å². The summed E-state index contributed by atoms with van der Waals surface area (Å²) in [4.78, 5) is 47.2. The van der Waals surface area contributed by atoms with Crippen molar-refractivity contribution >= 4 is 47.0 Å². The van der Waals surface area contributed by atoms with Gasteiger partial charge in [0.15, 0.2) is 6.61 Å². The quantitative estimate of drug-likeness (QED) is 0.588. The van der Waals surface area contributed by atoms with Crippen LogP contribution < -0.4 is 16.0 Å². The van der Waals surface area contributed by atoms with E-state index in [0.29, 0.717) is 5.02 Å². The number of hydrogen-bond acceptors (Lipinski definition) is 5. The molecule has 0 saturated heterocycles. The van der Waals surface area contributed by atoms with Gasteiger partial charge in [-0.3, -0.25) is 14.9 Å². The van der Waals surface area contributed by atoms with Crippen LogP contribution in [0.2, 0.25) is 10.0 Å². The standard InChI is InChI=1S/C17H21Cl2N3O5/c1-9(2)6-13(16(25)27-8-14(23)22-17(26)20-3)21-15(24)11-5-4-10(18)7-12(11)19/h4-5,7,9,13H,6,8H2,1-3H3,(H,21,24)(H2,20,22,23,26)/t13-/m1/s1. The minimum Gasteiger partial charge on any atom is -0.454 e. The van der Waals surface area contributed by atoms with E-state index >= 15 is 0 Å². The maximum absolute atomic E-state index is 12.4. The molecular weight excluding hydrogens is 397 g/mol. The number of amides is 4. The van der Waals surface area contributed by atoms with Gasteiger partial charge in [-0.15, -0.1) is 0 Å². The lowest BCUT2D eigenvalue weighted by atomic mass is 10.0. The molecule has 0 bridgehead atoms. The van der Waals surface area contributed by atoms with Gasteiger partial charge < -0.3 is 15.4 Å². The lowest BCUT2D eigenvalue weighted by molar-refractivity contribution is -0.150. The molecule has 4 amide bonds. The number of esters is 1. The normalized spacial score (nSPS) is 11.5. The number of urea groups is 1. The minimum absolute atomic E-state index is 0.0586. The van der Waals surface area contributed by atoms with E-state index < -0.39 is 36.5 Å². The highest BCUT2D eigenvalue weighted by molar-refractivity contribution is 6.36. The summed E-state index contributed by atoms with van der Waals surface area (Å²) in [7, 11) is 1.34. The first kappa shape index (κ1) is 22.7. The summed E-state index contributed by atoms with van der Waals surface area (Å²) >= 11 is 11.8. The van der Waals surface area contributed by atoms with E-state index in [1.165, 1.54) is 25.2 Å². The molecule has 0 saturated carbocycles. The SMILES string of the molecule is CNC(=O)NC(=O)COC(=O)[C@@H](CC(C)C)NC(=O)c1ccc(Cl)cc1Cl. The summed E-state index contributed by atoms with van der Waals surface area (Å²) in [6.45, 7) is 3.07. The van der Waals surface area contributed by atoms with Crippen LogP contribution in [0.25, 0.3) is 0 Å². The highest BCUT2D eigenvalue weighted by Crippen LogP contribution is 2.21. The van der Waals surface area contributed by atoms with Gasteiger partial charge in [0.25, 0.3) is 11.8 Å². The zero-order chi connectivity index (χ0) is 20.6. The molecule has 1 aromatic carbocycles. The van der Waals surface area contributed by atoms with Crippen molar-refractivity contribution in [2.75, 3.05) is 13.7 Å². The fraction of sp³-hybridized carbons (Fsp3) is 0.412. The number of carbonyl (C=O) groups is 4. The molecule has 0 aliphatic rings. The third kappa shape index (κ3) is 7.84. The molecule has 0 spiro atoms. The van der Waals surface area contributed by atoms with E-state index in [-0.39, 0.29) is 22.9 Å². The van der Waals surface area contributed by atoms with Crippen molar-refractivity contribution < 1.29 is 23.9 Å². The van der Waals surface area contributed by atoms with Crippen LogP contribution in [0.15, 0.2) is 18.2 Å². The summed E-state index contributed by atoms with van der Waals surface area (Å²) < 4.78 is 4.90. The zero-order valence-electron chi connectivity index (χ0n) is 15.1. The molecule has 0 heterocycles. The first-order valence-corrected chi connectivity index (χ1v) is 8.83. The molecule has 3 N–H and O–H groups in total. The molecule has 1 aromatic rings. The summed E-state index contributed by atoms with van der Waals surface area (Å²) in [5.74, 6) is -2.11. The van der Waals surface area contributed by atoms with Gasteiger partial charge in [0.1, 0.15) is 6.04 Å². The van der Waals surface area contributed by atoms with Gasteiger partial charge >= 0.3 is 12.0 Å². The monoisotopic (exact) mass is 417 g/mol. The van der Waals surface area contributed by atoms with E-state index in [1.807, 2.05) is 19.2 Å². The predicted octanol–water partition coefficient (Wildman–Crippen LogP) is 2.14. The second-order valence-electron chi connectivity index (χ2n) is 6.01. The molecule has 0 aliphatic heterocycles. The molecule has 0 aromatic heterocycles. The largest absolute Gasteiger partial charge is 0.454 e. The first-order valence-electron chi connectivity index (χ1n) is 8.08. The molecule has 0 unspecified atom stereocenters. The van der Waals surface area contributed by atoms with Crippen LogP contribution in [0.5, 0.6) is 0 Å². The number of halogens is 2. The van der Waals surface area contributed by atoms with Gasteiger partial charge in [-0.2, -0.15) is 0 Å². The average Bonchev–Trinajstić information content (AvgIpc) is 2.58. The van der Waals surface area contributed by atoms with Crippen molar-refractivity contribution in [3.63, 3.8) is 0 Å². The van der Waals surface area contributed by atoms with Crippen LogP contribution in [0.4, 0.5) is 4.79 Å². The molecular formula is C17H21Cl2N3O5. The first-order chi connectivity index (χ1) is 12.6. The molecule has 1 rings (SSSR count). The molecule has 0 fully saturated rings. The number of nitrogens with one attached hydrogen (secondary N) is 3. The Balaban J connectivity index is 2.76. The molecule has 148 valence electrons. The third-order valence-electron chi connectivity index (χ3n) is 3.30. The summed E-state index contributed by atoms with van der Waals surface area (Å²) in [6.07, 6.45) is 0.285. The summed E-state index contributed by atoms with van der Waals surface area (Å²) in [5.41, 5.74) is 0.153. The van der Waals surface area contributed by atoms with Crippen LogP contribution in [-0.4, -0.2) is 43.5 Å². The number of carbonyl (C=O) groups excluding carboxylic acids is 4. The molecule has 1 atom stereocenters. The predicted molar refractivity (Wildman–Crippen MR) is 101 cm³/mol. The molecule has 0 aliphatic carbocycles. The van der Waals surface area contributed by atoms with Crippen molar-refractivity contribution in [3.8, 4) is 0 Å². The summed E-state index contributed by atoms with van der Waals surface area (Å²) in [5, 5.41) is 7.22. The highest BCUT2D eigenvalue weighted by Gasteiger charge is 2.25. The van der Waals surface area contributed by atoms with Crippen LogP contribution in [0, 0.1) is 5.92 Å². The second kappa shape index (κ2) is 10.7. The molecule has 8 nitrogen and oxygen atoms in total. The maximum atomic E-state index is 12.4. The highest BCUT2D eigenvalue weighted by atomic mass is 35.5. The Bertz CT molecular complexity index is 725. The van der Waals surface area contributed by atoms with Gasteiger partial charge in [0, 0.05) is 12.1 Å². The molecule has 10 heteroatoms. The van der Waals surface area contributed by atoms with E-state index in [9.17, 15) is 19.2 Å². The van der Waals surface area contributed by atoms with Crippen molar-refractivity contribution in [1.29, 1.82) is 0 Å². The second-order valence-corrected chi connectivity index (χ2v) is 6.86. The average molecular weight is 418 g/mol.